The van der Waals surface area contributed by atoms with Crippen LogP contribution in [0.2, 0.25) is 0 Å². The number of thiophene rings is 1. The van der Waals surface area contributed by atoms with Crippen LogP contribution in [0, 0.1) is 6.92 Å². The van der Waals surface area contributed by atoms with Crippen molar-refractivity contribution in [2.45, 2.75) is 19.9 Å². The second-order valence-electron chi connectivity index (χ2n) is 4.20. The number of aryl methyl sites for hydroxylation is 1. The van der Waals surface area contributed by atoms with Crippen molar-refractivity contribution in [2.24, 2.45) is 0 Å². The Kier molecular flexibility index (Phi) is 4.29. The van der Waals surface area contributed by atoms with Crippen molar-refractivity contribution in [3.8, 4) is 0 Å². The molecule has 1 aromatic rings. The lowest BCUT2D eigenvalue weighted by atomic mass is 10.3. The Balaban J connectivity index is 2.25. The largest absolute Gasteiger partial charge is 0.467 e. The number of hydrogen-bond donors (Lipinski definition) is 0. The molecule has 2 amide bonds. The van der Waals surface area contributed by atoms with Crippen molar-refractivity contribution < 1.29 is 19.1 Å². The zero-order chi connectivity index (χ0) is 14.9. The maximum atomic E-state index is 12.2. The number of imide groups is 1. The van der Waals surface area contributed by atoms with Crippen LogP contribution >= 0.6 is 23.1 Å². The van der Waals surface area contributed by atoms with Crippen LogP contribution < -0.4 is 0 Å². The molecule has 1 aliphatic heterocycles. The summed E-state index contributed by atoms with van der Waals surface area (Å²) in [5.74, 6) is -1.07. The van der Waals surface area contributed by atoms with Gasteiger partial charge in [0, 0.05) is 9.75 Å². The van der Waals surface area contributed by atoms with Gasteiger partial charge < -0.3 is 4.74 Å². The molecular weight excluding hydrogens is 298 g/mol. The summed E-state index contributed by atoms with van der Waals surface area (Å²) in [4.78, 5) is 38.8. The van der Waals surface area contributed by atoms with Crippen LogP contribution in [-0.2, 0) is 14.3 Å². The number of hydrogen-bond acceptors (Lipinski definition) is 6. The van der Waals surface area contributed by atoms with E-state index in [0.717, 1.165) is 26.4 Å². The zero-order valence-corrected chi connectivity index (χ0v) is 12.8. The summed E-state index contributed by atoms with van der Waals surface area (Å²) < 4.78 is 4.57. The first-order valence-electron chi connectivity index (χ1n) is 5.85. The molecule has 7 heteroatoms. The number of ether oxygens (including phenoxy) is 1. The summed E-state index contributed by atoms with van der Waals surface area (Å²) in [5.41, 5.74) is 0. The van der Waals surface area contributed by atoms with Gasteiger partial charge in [-0.1, -0.05) is 0 Å². The minimum atomic E-state index is -0.913. The van der Waals surface area contributed by atoms with Gasteiger partial charge in [-0.3, -0.25) is 14.5 Å². The van der Waals surface area contributed by atoms with E-state index in [-0.39, 0.29) is 0 Å². The van der Waals surface area contributed by atoms with Crippen molar-refractivity contribution in [1.29, 1.82) is 0 Å². The molecule has 0 saturated carbocycles. The molecule has 0 N–H and O–H groups in total. The molecular formula is C13H13NO4S2. The third-order valence-electron chi connectivity index (χ3n) is 2.79. The highest BCUT2D eigenvalue weighted by Crippen LogP contribution is 2.34. The molecule has 0 spiro atoms. The number of rotatable bonds is 3. The fourth-order valence-electron chi connectivity index (χ4n) is 1.75. The molecule has 1 fully saturated rings. The van der Waals surface area contributed by atoms with Crippen molar-refractivity contribution >= 4 is 46.3 Å². The first-order chi connectivity index (χ1) is 9.43. The first-order valence-corrected chi connectivity index (χ1v) is 7.48. The number of carbonyl (C=O) groups excluding carboxylic acids is 3. The lowest BCUT2D eigenvalue weighted by Crippen LogP contribution is -2.42. The lowest BCUT2D eigenvalue weighted by Gasteiger charge is -2.18. The Morgan fingerprint density at radius 2 is 2.10 bits per heavy atom. The molecule has 2 rings (SSSR count). The quantitative estimate of drug-likeness (QED) is 0.634. The normalized spacial score (nSPS) is 18.8. The number of amides is 2. The molecule has 0 aliphatic carbocycles. The average Bonchev–Trinajstić information content (AvgIpc) is 2.93. The number of carbonyl (C=O) groups is 3. The van der Waals surface area contributed by atoms with E-state index < -0.39 is 23.2 Å². The fourth-order valence-corrected chi connectivity index (χ4v) is 3.54. The monoisotopic (exact) mass is 311 g/mol. The summed E-state index contributed by atoms with van der Waals surface area (Å²) in [5, 5.41) is -0.451. The third kappa shape index (κ3) is 2.78. The predicted molar refractivity (Wildman–Crippen MR) is 78.3 cm³/mol. The molecule has 0 bridgehead atoms. The van der Waals surface area contributed by atoms with Crippen molar-refractivity contribution in [1.82, 2.24) is 4.90 Å². The molecule has 106 valence electrons. The number of nitrogens with zero attached hydrogens (tertiary/aromatic N) is 1. The minimum absolute atomic E-state index is 0.326. The molecule has 20 heavy (non-hydrogen) atoms. The lowest BCUT2D eigenvalue weighted by molar-refractivity contribution is -0.148. The van der Waals surface area contributed by atoms with Gasteiger partial charge >= 0.3 is 5.97 Å². The first kappa shape index (κ1) is 14.8. The Hall–Kier alpha value is -1.60. The molecule has 1 aromatic heterocycles. The smallest absolute Gasteiger partial charge is 0.328 e. The van der Waals surface area contributed by atoms with Gasteiger partial charge in [-0.2, -0.15) is 0 Å². The SMILES string of the molecule is COC(=O)C(C)N1C(=O)S/C(=C/c2ccc(C)s2)C1=O. The Morgan fingerprint density at radius 3 is 2.65 bits per heavy atom. The zero-order valence-electron chi connectivity index (χ0n) is 11.2. The van der Waals surface area contributed by atoms with Gasteiger partial charge in [-0.25, -0.2) is 4.79 Å². The van der Waals surface area contributed by atoms with Crippen LogP contribution in [0.3, 0.4) is 0 Å². The number of esters is 1. The highest BCUT2D eigenvalue weighted by atomic mass is 32.2. The van der Waals surface area contributed by atoms with Crippen LogP contribution in [0.15, 0.2) is 17.0 Å². The molecule has 2 heterocycles. The van der Waals surface area contributed by atoms with E-state index in [0.29, 0.717) is 4.91 Å². The van der Waals surface area contributed by atoms with E-state index in [9.17, 15) is 14.4 Å². The summed E-state index contributed by atoms with van der Waals surface area (Å²) in [6.45, 7) is 3.44. The molecule has 1 atom stereocenters. The highest BCUT2D eigenvalue weighted by molar-refractivity contribution is 8.18. The van der Waals surface area contributed by atoms with Gasteiger partial charge in [-0.05, 0) is 43.8 Å². The highest BCUT2D eigenvalue weighted by Gasteiger charge is 2.41. The van der Waals surface area contributed by atoms with E-state index in [4.69, 9.17) is 0 Å². The molecule has 0 aromatic carbocycles. The summed E-state index contributed by atoms with van der Waals surface area (Å²) in [6.07, 6.45) is 1.67. The van der Waals surface area contributed by atoms with E-state index in [1.165, 1.54) is 25.4 Å². The molecule has 5 nitrogen and oxygen atoms in total. The summed E-state index contributed by atoms with van der Waals surface area (Å²) in [7, 11) is 1.22. The van der Waals surface area contributed by atoms with Gasteiger partial charge in [-0.15, -0.1) is 11.3 Å². The van der Waals surface area contributed by atoms with Crippen LogP contribution in [0.1, 0.15) is 16.7 Å². The van der Waals surface area contributed by atoms with E-state index >= 15 is 0 Å². The maximum absolute atomic E-state index is 12.2. The van der Waals surface area contributed by atoms with Crippen molar-refractivity contribution in [3.63, 3.8) is 0 Å². The van der Waals surface area contributed by atoms with E-state index in [2.05, 4.69) is 4.74 Å². The topological polar surface area (TPSA) is 63.7 Å². The minimum Gasteiger partial charge on any atom is -0.467 e. The van der Waals surface area contributed by atoms with Gasteiger partial charge in [0.05, 0.1) is 12.0 Å². The summed E-state index contributed by atoms with van der Waals surface area (Å²) >= 11 is 2.37. The van der Waals surface area contributed by atoms with Gasteiger partial charge in [0.2, 0.25) is 0 Å². The molecule has 1 saturated heterocycles. The second kappa shape index (κ2) is 5.80. The maximum Gasteiger partial charge on any atom is 0.328 e. The molecule has 1 aliphatic rings. The number of thioether (sulfide) groups is 1. The van der Waals surface area contributed by atoms with Gasteiger partial charge in [0.1, 0.15) is 6.04 Å². The van der Waals surface area contributed by atoms with Crippen LogP contribution in [0.5, 0.6) is 0 Å². The van der Waals surface area contributed by atoms with Crippen molar-refractivity contribution in [3.05, 3.63) is 26.8 Å². The Labute approximate surface area is 124 Å². The van der Waals surface area contributed by atoms with E-state index in [1.54, 1.807) is 6.08 Å². The predicted octanol–water partition coefficient (Wildman–Crippen LogP) is 2.65. The molecule has 1 unspecified atom stereocenters. The summed E-state index contributed by atoms with van der Waals surface area (Å²) in [6, 6.07) is 2.92. The van der Waals surface area contributed by atoms with Crippen LogP contribution in [0.25, 0.3) is 6.08 Å². The van der Waals surface area contributed by atoms with Gasteiger partial charge in [0.25, 0.3) is 11.1 Å². The Morgan fingerprint density at radius 1 is 1.40 bits per heavy atom. The number of methoxy groups -OCH3 is 1. The van der Waals surface area contributed by atoms with E-state index in [1.807, 2.05) is 19.1 Å². The Bertz CT molecular complexity index is 605. The van der Waals surface area contributed by atoms with Crippen molar-refractivity contribution in [2.75, 3.05) is 7.11 Å². The standard InChI is InChI=1S/C13H13NO4S2/c1-7-4-5-9(19-7)6-10-11(15)14(13(17)20-10)8(2)12(16)18-3/h4-6,8H,1-3H3/b10-6+. The second-order valence-corrected chi connectivity index (χ2v) is 6.51. The van der Waals surface area contributed by atoms with Crippen LogP contribution in [-0.4, -0.2) is 35.2 Å². The fraction of sp³-hybridized carbons (Fsp3) is 0.308. The van der Waals surface area contributed by atoms with Gasteiger partial charge in [0.15, 0.2) is 0 Å². The molecule has 0 radical (unpaired) electrons. The van der Waals surface area contributed by atoms with Crippen LogP contribution in [0.4, 0.5) is 4.79 Å². The average molecular weight is 311 g/mol. The third-order valence-corrected chi connectivity index (χ3v) is 4.62.